The maximum absolute atomic E-state index is 10.4. The number of ether oxygens (including phenoxy) is 3. The Morgan fingerprint density at radius 2 is 1.76 bits per heavy atom. The molecule has 0 spiro atoms. The number of rotatable bonds is 8. The summed E-state index contributed by atoms with van der Waals surface area (Å²) in [7, 11) is -1.21. The number of aliphatic hydroxyl groups is 1. The number of hydrogen-bond donors (Lipinski definition) is 1. The molecular formula is C21H26NO9S2-. The fourth-order valence-electron chi connectivity index (χ4n) is 3.27. The molecule has 1 atom stereocenters. The number of nitro groups is 1. The molecule has 2 aromatic carbocycles. The summed E-state index contributed by atoms with van der Waals surface area (Å²) in [5, 5.41) is 19.0. The van der Waals surface area contributed by atoms with Gasteiger partial charge >= 0.3 is 0 Å². The van der Waals surface area contributed by atoms with Gasteiger partial charge in [-0.3, -0.25) is 10.1 Å². The van der Waals surface area contributed by atoms with Crippen molar-refractivity contribution in [3.63, 3.8) is 0 Å². The molecule has 0 aromatic heterocycles. The molecule has 2 aromatic rings. The molecule has 0 saturated carbocycles. The highest BCUT2D eigenvalue weighted by Crippen LogP contribution is 2.46. The molecule has 3 rings (SSSR count). The number of nitro benzene ring substituents is 1. The highest BCUT2D eigenvalue weighted by Gasteiger charge is 2.34. The van der Waals surface area contributed by atoms with Crippen molar-refractivity contribution in [2.75, 3.05) is 39.8 Å². The van der Waals surface area contributed by atoms with Gasteiger partial charge in [-0.05, 0) is 54.5 Å². The summed E-state index contributed by atoms with van der Waals surface area (Å²) >= 11 is 1.89. The number of hydrogen-bond acceptors (Lipinski definition) is 10. The van der Waals surface area contributed by atoms with Crippen LogP contribution >= 0.6 is 11.8 Å². The number of thioether (sulfide) groups is 1. The maximum Gasteiger partial charge on any atom is 0.269 e. The quantitative estimate of drug-likeness (QED) is 0.248. The SMILES string of the molecule is COc1cc2c(cc1OC)C(C)(COCCO)SCC2.O=[N+]([O-])c1ccc(S(=O)(=O)[O-])cc1. The van der Waals surface area contributed by atoms with Gasteiger partial charge in [0.2, 0.25) is 0 Å². The van der Waals surface area contributed by atoms with Gasteiger partial charge in [0.1, 0.15) is 10.1 Å². The predicted molar refractivity (Wildman–Crippen MR) is 122 cm³/mol. The van der Waals surface area contributed by atoms with Gasteiger partial charge in [0.15, 0.2) is 11.5 Å². The van der Waals surface area contributed by atoms with Crippen molar-refractivity contribution in [1.82, 2.24) is 0 Å². The van der Waals surface area contributed by atoms with E-state index in [9.17, 15) is 23.1 Å². The third kappa shape index (κ3) is 7.05. The number of aliphatic hydroxyl groups excluding tert-OH is 1. The van der Waals surface area contributed by atoms with E-state index in [2.05, 4.69) is 19.1 Å². The first-order valence-corrected chi connectivity index (χ1v) is 12.2. The molecule has 1 unspecified atom stereocenters. The van der Waals surface area contributed by atoms with Crippen LogP contribution < -0.4 is 9.47 Å². The number of aryl methyl sites for hydroxylation is 1. The molecule has 1 heterocycles. The normalized spacial score (nSPS) is 17.4. The van der Waals surface area contributed by atoms with E-state index in [1.54, 1.807) is 14.2 Å². The number of nitrogens with zero attached hydrogens (tertiary/aromatic N) is 1. The summed E-state index contributed by atoms with van der Waals surface area (Å²) in [6, 6.07) is 7.86. The summed E-state index contributed by atoms with van der Waals surface area (Å²) < 4.78 is 47.4. The molecule has 0 bridgehead atoms. The van der Waals surface area contributed by atoms with E-state index in [0.717, 1.165) is 47.9 Å². The molecule has 10 nitrogen and oxygen atoms in total. The predicted octanol–water partition coefficient (Wildman–Crippen LogP) is 2.72. The Bertz CT molecular complexity index is 1060. The molecule has 1 aliphatic heterocycles. The van der Waals surface area contributed by atoms with Gasteiger partial charge in [-0.25, -0.2) is 8.42 Å². The van der Waals surface area contributed by atoms with Gasteiger partial charge in [0.25, 0.3) is 5.69 Å². The summed E-state index contributed by atoms with van der Waals surface area (Å²) in [5.41, 5.74) is 2.27. The minimum absolute atomic E-state index is 0.0551. The molecule has 1 N–H and O–H groups in total. The molecule has 0 saturated heterocycles. The average molecular weight is 501 g/mol. The Morgan fingerprint density at radius 1 is 1.15 bits per heavy atom. The summed E-state index contributed by atoms with van der Waals surface area (Å²) in [5.74, 6) is 2.58. The molecule has 1 aliphatic rings. The highest BCUT2D eigenvalue weighted by molar-refractivity contribution is 8.00. The second-order valence-electron chi connectivity index (χ2n) is 7.17. The Morgan fingerprint density at radius 3 is 2.27 bits per heavy atom. The smallest absolute Gasteiger partial charge is 0.269 e. The molecule has 0 amide bonds. The van der Waals surface area contributed by atoms with Crippen LogP contribution in [0.25, 0.3) is 0 Å². The maximum atomic E-state index is 10.4. The van der Waals surface area contributed by atoms with Crippen molar-refractivity contribution in [3.8, 4) is 11.5 Å². The van der Waals surface area contributed by atoms with E-state index >= 15 is 0 Å². The molecule has 182 valence electrons. The number of benzene rings is 2. The van der Waals surface area contributed by atoms with Crippen molar-refractivity contribution < 1.29 is 37.2 Å². The third-order valence-electron chi connectivity index (χ3n) is 4.92. The van der Waals surface area contributed by atoms with Gasteiger partial charge < -0.3 is 23.9 Å². The molecular weight excluding hydrogens is 474 g/mol. The molecule has 0 fully saturated rings. The van der Waals surface area contributed by atoms with E-state index in [0.29, 0.717) is 13.2 Å². The average Bonchev–Trinajstić information content (AvgIpc) is 2.78. The van der Waals surface area contributed by atoms with Crippen molar-refractivity contribution in [1.29, 1.82) is 0 Å². The van der Waals surface area contributed by atoms with Crippen LogP contribution in [0.2, 0.25) is 0 Å². The fraction of sp³-hybridized carbons (Fsp3) is 0.429. The fourth-order valence-corrected chi connectivity index (χ4v) is 5.02. The van der Waals surface area contributed by atoms with Crippen molar-refractivity contribution in [3.05, 3.63) is 57.6 Å². The second kappa shape index (κ2) is 11.7. The first kappa shape index (κ1) is 26.9. The van der Waals surface area contributed by atoms with Gasteiger partial charge in [-0.15, -0.1) is 11.8 Å². The van der Waals surface area contributed by atoms with Crippen LogP contribution in [0.5, 0.6) is 11.5 Å². The zero-order valence-corrected chi connectivity index (χ0v) is 20.1. The molecule has 33 heavy (non-hydrogen) atoms. The summed E-state index contributed by atoms with van der Waals surface area (Å²) in [4.78, 5) is 8.99. The molecule has 12 heteroatoms. The summed E-state index contributed by atoms with van der Waals surface area (Å²) in [6.07, 6.45) is 1.02. The molecule has 0 radical (unpaired) electrons. The number of methoxy groups -OCH3 is 2. The number of fused-ring (bicyclic) bond motifs is 1. The minimum atomic E-state index is -4.52. The van der Waals surface area contributed by atoms with E-state index in [-0.39, 0.29) is 17.0 Å². The van der Waals surface area contributed by atoms with Crippen LogP contribution in [-0.4, -0.2) is 62.8 Å². The van der Waals surface area contributed by atoms with Crippen molar-refractivity contribution in [2.24, 2.45) is 0 Å². The topological polar surface area (TPSA) is 148 Å². The van der Waals surface area contributed by atoms with Gasteiger partial charge in [0.05, 0.1) is 48.6 Å². The third-order valence-corrected chi connectivity index (χ3v) is 7.15. The summed E-state index contributed by atoms with van der Waals surface area (Å²) in [6.45, 7) is 3.19. The lowest BCUT2D eigenvalue weighted by Gasteiger charge is -2.35. The Labute approximate surface area is 196 Å². The Kier molecular flexibility index (Phi) is 9.49. The minimum Gasteiger partial charge on any atom is -0.744 e. The van der Waals surface area contributed by atoms with Crippen LogP contribution in [0.4, 0.5) is 5.69 Å². The van der Waals surface area contributed by atoms with E-state index < -0.39 is 19.9 Å². The van der Waals surface area contributed by atoms with E-state index in [1.807, 2.05) is 11.8 Å². The first-order valence-electron chi connectivity index (χ1n) is 9.84. The molecule has 0 aliphatic carbocycles. The zero-order valence-electron chi connectivity index (χ0n) is 18.5. The Balaban J connectivity index is 0.000000257. The van der Waals surface area contributed by atoms with Crippen LogP contribution in [0.1, 0.15) is 18.1 Å². The number of non-ortho nitro benzene ring substituents is 1. The standard InChI is InChI=1S/C15H22O4S.C6H5NO5S/c1-15(10-19-6-5-16)12-9-14(18-3)13(17-2)8-11(12)4-7-20-15;8-7(9)5-1-3-6(4-2-5)13(10,11)12/h8-9,16H,4-7,10H2,1-3H3;1-4H,(H,10,11,12)/p-1. The van der Waals surface area contributed by atoms with Gasteiger partial charge in [-0.1, -0.05) is 0 Å². The monoisotopic (exact) mass is 500 g/mol. The van der Waals surface area contributed by atoms with Crippen LogP contribution in [0.3, 0.4) is 0 Å². The largest absolute Gasteiger partial charge is 0.744 e. The lowest BCUT2D eigenvalue weighted by atomic mass is 9.92. The van der Waals surface area contributed by atoms with Crippen molar-refractivity contribution >= 4 is 27.6 Å². The van der Waals surface area contributed by atoms with Crippen molar-refractivity contribution in [2.45, 2.75) is 23.0 Å². The zero-order chi connectivity index (χ0) is 24.6. The van der Waals surface area contributed by atoms with Gasteiger partial charge in [-0.2, -0.15) is 0 Å². The van der Waals surface area contributed by atoms with Crippen LogP contribution in [-0.2, 0) is 26.0 Å². The lowest BCUT2D eigenvalue weighted by Crippen LogP contribution is -2.30. The van der Waals surface area contributed by atoms with Crippen LogP contribution in [0.15, 0.2) is 41.3 Å². The van der Waals surface area contributed by atoms with E-state index in [4.69, 9.17) is 19.3 Å². The van der Waals surface area contributed by atoms with E-state index in [1.165, 1.54) is 11.1 Å². The highest BCUT2D eigenvalue weighted by atomic mass is 32.2. The van der Waals surface area contributed by atoms with Gasteiger partial charge in [0, 0.05) is 12.1 Å². The Hall–Kier alpha value is -2.38. The lowest BCUT2D eigenvalue weighted by molar-refractivity contribution is -0.384. The first-order chi connectivity index (χ1) is 15.6. The second-order valence-corrected chi connectivity index (χ2v) is 10.2. The van der Waals surface area contributed by atoms with Crippen LogP contribution in [0, 0.1) is 10.1 Å².